The number of carbonyl (C=O) groups excluding carboxylic acids is 1. The summed E-state index contributed by atoms with van der Waals surface area (Å²) in [5, 5.41) is 3.31. The van der Waals surface area contributed by atoms with Crippen LogP contribution in [0.1, 0.15) is 17.3 Å². The van der Waals surface area contributed by atoms with Gasteiger partial charge < -0.3 is 14.6 Å². The molecule has 0 radical (unpaired) electrons. The van der Waals surface area contributed by atoms with Crippen LogP contribution >= 0.6 is 11.6 Å². The Morgan fingerprint density at radius 3 is 2.87 bits per heavy atom. The molecule has 1 fully saturated rings. The summed E-state index contributed by atoms with van der Waals surface area (Å²) in [5.41, 5.74) is 0.449. The van der Waals surface area contributed by atoms with Crippen molar-refractivity contribution in [2.45, 2.75) is 13.0 Å². The Balaban J connectivity index is 2.14. The quantitative estimate of drug-likeness (QED) is 0.850. The minimum absolute atomic E-state index is 0.0530. The highest BCUT2D eigenvalue weighted by molar-refractivity contribution is 6.32. The summed E-state index contributed by atoms with van der Waals surface area (Å²) in [6.45, 7) is 4.36. The first-order valence-electron chi connectivity index (χ1n) is 4.98. The van der Waals surface area contributed by atoms with E-state index in [-0.39, 0.29) is 17.2 Å². The molecule has 0 saturated carbocycles. The second-order valence-corrected chi connectivity index (χ2v) is 3.85. The molecule has 1 aromatic rings. The number of halogens is 1. The number of rotatable bonds is 3. The minimum Gasteiger partial charge on any atom is -0.452 e. The third-order valence-corrected chi connectivity index (χ3v) is 2.94. The van der Waals surface area contributed by atoms with Crippen LogP contribution in [0.4, 0.5) is 0 Å². The zero-order valence-electron chi connectivity index (χ0n) is 8.50. The highest BCUT2D eigenvalue weighted by Crippen LogP contribution is 2.20. The maximum Gasteiger partial charge on any atom is 0.259 e. The summed E-state index contributed by atoms with van der Waals surface area (Å²) < 4.78 is 4.91. The highest BCUT2D eigenvalue weighted by atomic mass is 35.5. The molecular weight excluding hydrogens is 216 g/mol. The van der Waals surface area contributed by atoms with Crippen LogP contribution in [0, 0.1) is 0 Å². The van der Waals surface area contributed by atoms with Gasteiger partial charge in [-0.2, -0.15) is 0 Å². The monoisotopic (exact) mass is 228 g/mol. The summed E-state index contributed by atoms with van der Waals surface area (Å²) in [4.78, 5) is 13.9. The van der Waals surface area contributed by atoms with Crippen LogP contribution < -0.4 is 5.32 Å². The van der Waals surface area contributed by atoms with E-state index in [1.165, 1.54) is 6.26 Å². The zero-order valence-corrected chi connectivity index (χ0v) is 9.25. The number of furan rings is 1. The molecule has 0 bridgehead atoms. The van der Waals surface area contributed by atoms with Gasteiger partial charge in [0, 0.05) is 19.6 Å². The number of amides is 1. The van der Waals surface area contributed by atoms with Gasteiger partial charge in [0.15, 0.2) is 0 Å². The molecule has 0 unspecified atom stereocenters. The van der Waals surface area contributed by atoms with E-state index in [2.05, 4.69) is 5.32 Å². The molecule has 1 amide bonds. The van der Waals surface area contributed by atoms with Crippen molar-refractivity contribution >= 4 is 17.5 Å². The number of hydrogen-bond donors (Lipinski definition) is 1. The molecule has 0 spiro atoms. The smallest absolute Gasteiger partial charge is 0.259 e. The predicted molar refractivity (Wildman–Crippen MR) is 57.1 cm³/mol. The summed E-state index contributed by atoms with van der Waals surface area (Å²) in [7, 11) is 0. The summed E-state index contributed by atoms with van der Waals surface area (Å²) in [6.07, 6.45) is 1.43. The molecule has 2 heterocycles. The average molecular weight is 229 g/mol. The molecule has 1 aliphatic heterocycles. The molecule has 1 saturated heterocycles. The number of likely N-dealkylation sites (N-methyl/N-ethyl adjacent to an activating group) is 1. The van der Waals surface area contributed by atoms with Crippen LogP contribution in [-0.2, 0) is 0 Å². The topological polar surface area (TPSA) is 45.5 Å². The Morgan fingerprint density at radius 1 is 1.73 bits per heavy atom. The first-order valence-corrected chi connectivity index (χ1v) is 5.36. The lowest BCUT2D eigenvalue weighted by Crippen LogP contribution is -2.58. The van der Waals surface area contributed by atoms with E-state index in [0.29, 0.717) is 12.1 Å². The average Bonchev–Trinajstić information content (AvgIpc) is 2.56. The van der Waals surface area contributed by atoms with Crippen molar-refractivity contribution in [3.05, 3.63) is 23.1 Å². The molecule has 0 aromatic carbocycles. The van der Waals surface area contributed by atoms with Crippen molar-refractivity contribution in [1.82, 2.24) is 10.2 Å². The van der Waals surface area contributed by atoms with E-state index < -0.39 is 0 Å². The fraction of sp³-hybridized carbons (Fsp3) is 0.500. The van der Waals surface area contributed by atoms with Crippen LogP contribution in [0.2, 0.25) is 5.22 Å². The van der Waals surface area contributed by atoms with Gasteiger partial charge in [-0.15, -0.1) is 0 Å². The van der Waals surface area contributed by atoms with Crippen molar-refractivity contribution in [3.63, 3.8) is 0 Å². The SMILES string of the molecule is CCN(C(=O)c1ccoc1Cl)C1CNC1. The first kappa shape index (κ1) is 10.5. The standard InChI is InChI=1S/C10H13ClN2O2/c1-2-13(7-5-12-6-7)10(14)8-3-4-15-9(8)11/h3-4,7,12H,2,5-6H2,1H3. The van der Waals surface area contributed by atoms with Crippen LogP contribution in [0.3, 0.4) is 0 Å². The Kier molecular flexibility index (Phi) is 2.98. The maximum absolute atomic E-state index is 12.0. The first-order chi connectivity index (χ1) is 7.24. The van der Waals surface area contributed by atoms with Crippen LogP contribution in [0.15, 0.2) is 16.7 Å². The molecule has 15 heavy (non-hydrogen) atoms. The Bertz CT molecular complexity index is 360. The Hall–Kier alpha value is -1.00. The zero-order chi connectivity index (χ0) is 10.8. The van der Waals surface area contributed by atoms with Crippen molar-refractivity contribution in [2.75, 3.05) is 19.6 Å². The summed E-state index contributed by atoms with van der Waals surface area (Å²) >= 11 is 5.77. The van der Waals surface area contributed by atoms with E-state index in [1.54, 1.807) is 6.07 Å². The van der Waals surface area contributed by atoms with Gasteiger partial charge in [-0.1, -0.05) is 0 Å². The van der Waals surface area contributed by atoms with Crippen molar-refractivity contribution in [1.29, 1.82) is 0 Å². The molecule has 2 rings (SSSR count). The molecule has 82 valence electrons. The van der Waals surface area contributed by atoms with Gasteiger partial charge in [0.25, 0.3) is 5.91 Å². The van der Waals surface area contributed by atoms with Gasteiger partial charge >= 0.3 is 0 Å². The van der Waals surface area contributed by atoms with E-state index in [9.17, 15) is 4.79 Å². The van der Waals surface area contributed by atoms with Gasteiger partial charge in [0.1, 0.15) is 0 Å². The van der Waals surface area contributed by atoms with E-state index in [0.717, 1.165) is 13.1 Å². The van der Waals surface area contributed by atoms with Gasteiger partial charge in [0.05, 0.1) is 17.9 Å². The molecule has 0 aliphatic carbocycles. The highest BCUT2D eigenvalue weighted by Gasteiger charge is 2.29. The third-order valence-electron chi connectivity index (χ3n) is 2.65. The molecule has 1 aliphatic rings. The fourth-order valence-corrected chi connectivity index (χ4v) is 1.86. The molecular formula is C10H13ClN2O2. The van der Waals surface area contributed by atoms with Crippen LogP contribution in [0.5, 0.6) is 0 Å². The molecule has 1 aromatic heterocycles. The van der Waals surface area contributed by atoms with E-state index >= 15 is 0 Å². The predicted octanol–water partition coefficient (Wildman–Crippen LogP) is 1.37. The number of nitrogens with zero attached hydrogens (tertiary/aromatic N) is 1. The lowest BCUT2D eigenvalue weighted by molar-refractivity contribution is 0.0630. The van der Waals surface area contributed by atoms with Crippen molar-refractivity contribution in [2.24, 2.45) is 0 Å². The number of nitrogens with one attached hydrogen (secondary N) is 1. The lowest BCUT2D eigenvalue weighted by Gasteiger charge is -2.37. The van der Waals surface area contributed by atoms with Crippen LogP contribution in [0.25, 0.3) is 0 Å². The normalized spacial score (nSPS) is 16.1. The van der Waals surface area contributed by atoms with Crippen molar-refractivity contribution in [3.8, 4) is 0 Å². The second kappa shape index (κ2) is 4.24. The molecule has 5 heteroatoms. The van der Waals surface area contributed by atoms with E-state index in [1.807, 2.05) is 11.8 Å². The minimum atomic E-state index is -0.0530. The molecule has 1 N–H and O–H groups in total. The second-order valence-electron chi connectivity index (χ2n) is 3.51. The van der Waals surface area contributed by atoms with E-state index in [4.69, 9.17) is 16.0 Å². The lowest BCUT2D eigenvalue weighted by atomic mass is 10.1. The van der Waals surface area contributed by atoms with Gasteiger partial charge in [-0.3, -0.25) is 4.79 Å². The maximum atomic E-state index is 12.0. The Morgan fingerprint density at radius 2 is 2.47 bits per heavy atom. The van der Waals surface area contributed by atoms with Gasteiger partial charge in [0.2, 0.25) is 5.22 Å². The number of hydrogen-bond acceptors (Lipinski definition) is 3. The molecule has 4 nitrogen and oxygen atoms in total. The summed E-state index contributed by atoms with van der Waals surface area (Å²) in [5.74, 6) is -0.0530. The van der Waals surface area contributed by atoms with Gasteiger partial charge in [-0.25, -0.2) is 0 Å². The Labute approximate surface area is 93.2 Å². The van der Waals surface area contributed by atoms with Crippen LogP contribution in [-0.4, -0.2) is 36.5 Å². The number of carbonyl (C=O) groups is 1. The fourth-order valence-electron chi connectivity index (χ4n) is 1.66. The third kappa shape index (κ3) is 1.87. The molecule has 0 atom stereocenters. The summed E-state index contributed by atoms with van der Waals surface area (Å²) in [6, 6.07) is 1.90. The van der Waals surface area contributed by atoms with Crippen molar-refractivity contribution < 1.29 is 9.21 Å². The van der Waals surface area contributed by atoms with Gasteiger partial charge in [-0.05, 0) is 24.6 Å². The largest absolute Gasteiger partial charge is 0.452 e.